The van der Waals surface area contributed by atoms with Gasteiger partial charge >= 0.3 is 0 Å². The van der Waals surface area contributed by atoms with Crippen molar-refractivity contribution in [3.05, 3.63) is 29.8 Å². The lowest BCUT2D eigenvalue weighted by atomic mass is 10.2. The maximum absolute atomic E-state index is 5.48. The van der Waals surface area contributed by atoms with E-state index in [2.05, 4.69) is 17.3 Å². The second-order valence-corrected chi connectivity index (χ2v) is 4.17. The third kappa shape index (κ3) is 3.29. The average molecular weight is 215 g/mol. The summed E-state index contributed by atoms with van der Waals surface area (Å²) in [6, 6.07) is 8.03. The van der Waals surface area contributed by atoms with E-state index in [0.717, 1.165) is 24.8 Å². The van der Waals surface area contributed by atoms with E-state index in [0.29, 0.717) is 6.61 Å². The molecule has 0 spiro atoms. The Morgan fingerprint density at radius 3 is 2.94 bits per heavy atom. The first-order valence-corrected chi connectivity index (χ1v) is 5.75. The lowest BCUT2D eigenvalue weighted by Gasteiger charge is -2.10. The van der Waals surface area contributed by atoms with Gasteiger partial charge in [0.25, 0.3) is 0 Å². The molecule has 84 valence electrons. The highest BCUT2D eigenvalue weighted by Gasteiger charge is 2.20. The van der Waals surface area contributed by atoms with Crippen molar-refractivity contribution in [2.75, 3.05) is 13.2 Å². The van der Waals surface area contributed by atoms with Crippen LogP contribution in [0.4, 0.5) is 0 Å². The first-order chi connectivity index (χ1) is 7.90. The Labute approximate surface area is 97.0 Å². The summed E-state index contributed by atoms with van der Waals surface area (Å²) in [6.07, 6.45) is 7.94. The Balaban J connectivity index is 1.87. The van der Waals surface area contributed by atoms with Gasteiger partial charge in [-0.15, -0.1) is 6.42 Å². The lowest BCUT2D eigenvalue weighted by Crippen LogP contribution is -2.16. The summed E-state index contributed by atoms with van der Waals surface area (Å²) in [4.78, 5) is 0. The second-order valence-electron chi connectivity index (χ2n) is 4.17. The quantitative estimate of drug-likeness (QED) is 0.734. The van der Waals surface area contributed by atoms with E-state index in [1.54, 1.807) is 0 Å². The Bertz CT molecular complexity index is 377. The van der Waals surface area contributed by atoms with Gasteiger partial charge in [-0.2, -0.15) is 0 Å². The van der Waals surface area contributed by atoms with Crippen LogP contribution in [0.1, 0.15) is 18.4 Å². The Morgan fingerprint density at radius 1 is 1.38 bits per heavy atom. The molecule has 2 heteroatoms. The molecule has 0 aliphatic heterocycles. The summed E-state index contributed by atoms with van der Waals surface area (Å²) in [5.41, 5.74) is 1.18. The van der Waals surface area contributed by atoms with E-state index in [1.807, 2.05) is 18.2 Å². The Kier molecular flexibility index (Phi) is 3.85. The van der Waals surface area contributed by atoms with Gasteiger partial charge < -0.3 is 10.1 Å². The summed E-state index contributed by atoms with van der Waals surface area (Å²) in [5.74, 6) is 4.28. The molecule has 1 saturated carbocycles. The molecule has 0 bridgehead atoms. The number of rotatable bonds is 6. The first kappa shape index (κ1) is 11.0. The normalized spacial score (nSPS) is 14.4. The fourth-order valence-corrected chi connectivity index (χ4v) is 1.64. The number of nitrogens with one attached hydrogen (secondary N) is 1. The fraction of sp³-hybridized carbons (Fsp3) is 0.429. The predicted molar refractivity (Wildman–Crippen MR) is 65.2 cm³/mol. The number of ether oxygens (including phenoxy) is 1. The Morgan fingerprint density at radius 2 is 2.19 bits per heavy atom. The van der Waals surface area contributed by atoms with Crippen LogP contribution in [0.2, 0.25) is 0 Å². The molecule has 1 N–H and O–H groups in total. The molecule has 1 aromatic rings. The van der Waals surface area contributed by atoms with Crippen LogP contribution in [0.5, 0.6) is 5.75 Å². The second kappa shape index (κ2) is 5.58. The molecule has 0 saturated heterocycles. The third-order valence-corrected chi connectivity index (χ3v) is 2.73. The van der Waals surface area contributed by atoms with E-state index < -0.39 is 0 Å². The van der Waals surface area contributed by atoms with Crippen LogP contribution in [0.25, 0.3) is 0 Å². The number of terminal acetylenes is 1. The molecule has 2 rings (SSSR count). The molecule has 0 aromatic heterocycles. The molecular weight excluding hydrogens is 198 g/mol. The number of hydrogen-bond acceptors (Lipinski definition) is 2. The topological polar surface area (TPSA) is 21.3 Å². The maximum Gasteiger partial charge on any atom is 0.148 e. The molecule has 1 fully saturated rings. The molecule has 0 atom stereocenters. The minimum atomic E-state index is 0.333. The molecule has 16 heavy (non-hydrogen) atoms. The monoisotopic (exact) mass is 215 g/mol. The van der Waals surface area contributed by atoms with Gasteiger partial charge in [-0.3, -0.25) is 0 Å². The van der Waals surface area contributed by atoms with Gasteiger partial charge in [-0.25, -0.2) is 0 Å². The fourth-order valence-electron chi connectivity index (χ4n) is 1.64. The molecule has 0 amide bonds. The molecule has 0 heterocycles. The molecule has 0 radical (unpaired) electrons. The van der Waals surface area contributed by atoms with Crippen molar-refractivity contribution >= 4 is 0 Å². The van der Waals surface area contributed by atoms with Crippen molar-refractivity contribution in [3.63, 3.8) is 0 Å². The van der Waals surface area contributed by atoms with Gasteiger partial charge in [0, 0.05) is 12.1 Å². The van der Waals surface area contributed by atoms with Crippen LogP contribution >= 0.6 is 0 Å². The molecule has 1 aliphatic rings. The minimum absolute atomic E-state index is 0.333. The summed E-state index contributed by atoms with van der Waals surface area (Å²) in [7, 11) is 0. The van der Waals surface area contributed by atoms with Crippen molar-refractivity contribution in [3.8, 4) is 18.1 Å². The van der Waals surface area contributed by atoms with E-state index in [1.165, 1.54) is 18.4 Å². The van der Waals surface area contributed by atoms with Crippen molar-refractivity contribution < 1.29 is 4.74 Å². The molecule has 0 unspecified atom stereocenters. The van der Waals surface area contributed by atoms with Crippen LogP contribution in [0, 0.1) is 18.3 Å². The van der Waals surface area contributed by atoms with E-state index >= 15 is 0 Å². The summed E-state index contributed by atoms with van der Waals surface area (Å²) >= 11 is 0. The molecule has 1 aliphatic carbocycles. The molecule has 2 nitrogen and oxygen atoms in total. The predicted octanol–water partition coefficient (Wildman–Crippen LogP) is 2.20. The summed E-state index contributed by atoms with van der Waals surface area (Å²) in [5, 5.41) is 3.45. The third-order valence-electron chi connectivity index (χ3n) is 2.73. The zero-order valence-electron chi connectivity index (χ0n) is 9.41. The summed E-state index contributed by atoms with van der Waals surface area (Å²) < 4.78 is 5.48. The number of hydrogen-bond donors (Lipinski definition) is 1. The van der Waals surface area contributed by atoms with Crippen molar-refractivity contribution in [1.82, 2.24) is 5.32 Å². The highest BCUT2D eigenvalue weighted by molar-refractivity contribution is 5.33. The Hall–Kier alpha value is -1.46. The van der Waals surface area contributed by atoms with Crippen LogP contribution in [0.15, 0.2) is 24.3 Å². The van der Waals surface area contributed by atoms with Gasteiger partial charge in [0.2, 0.25) is 0 Å². The van der Waals surface area contributed by atoms with Gasteiger partial charge in [0.15, 0.2) is 0 Å². The van der Waals surface area contributed by atoms with Gasteiger partial charge in [0.1, 0.15) is 12.4 Å². The standard InChI is InChI=1S/C14H17NO/c1-2-9-16-14-6-4-3-5-13(14)11-15-10-12-7-8-12/h1,3-6,12,15H,7-11H2. The van der Waals surface area contributed by atoms with Gasteiger partial charge in [-0.05, 0) is 31.4 Å². The van der Waals surface area contributed by atoms with Crippen molar-refractivity contribution in [2.24, 2.45) is 5.92 Å². The van der Waals surface area contributed by atoms with Crippen molar-refractivity contribution in [2.45, 2.75) is 19.4 Å². The zero-order valence-corrected chi connectivity index (χ0v) is 9.41. The maximum atomic E-state index is 5.48. The molecule has 1 aromatic carbocycles. The minimum Gasteiger partial charge on any atom is -0.481 e. The van der Waals surface area contributed by atoms with Crippen LogP contribution in [0.3, 0.4) is 0 Å². The van der Waals surface area contributed by atoms with E-state index in [-0.39, 0.29) is 0 Å². The van der Waals surface area contributed by atoms with Crippen LogP contribution in [-0.2, 0) is 6.54 Å². The molecular formula is C14H17NO. The van der Waals surface area contributed by atoms with Crippen LogP contribution in [-0.4, -0.2) is 13.2 Å². The lowest BCUT2D eigenvalue weighted by molar-refractivity contribution is 0.364. The average Bonchev–Trinajstić information content (AvgIpc) is 3.12. The SMILES string of the molecule is C#CCOc1ccccc1CNCC1CC1. The first-order valence-electron chi connectivity index (χ1n) is 5.75. The number of benzene rings is 1. The van der Waals surface area contributed by atoms with E-state index in [4.69, 9.17) is 11.2 Å². The number of para-hydroxylation sites is 1. The van der Waals surface area contributed by atoms with Crippen LogP contribution < -0.4 is 10.1 Å². The zero-order chi connectivity index (χ0) is 11.2. The van der Waals surface area contributed by atoms with Gasteiger partial charge in [-0.1, -0.05) is 24.1 Å². The summed E-state index contributed by atoms with van der Waals surface area (Å²) in [6.45, 7) is 2.31. The van der Waals surface area contributed by atoms with E-state index in [9.17, 15) is 0 Å². The smallest absolute Gasteiger partial charge is 0.148 e. The largest absolute Gasteiger partial charge is 0.481 e. The highest BCUT2D eigenvalue weighted by atomic mass is 16.5. The highest BCUT2D eigenvalue weighted by Crippen LogP contribution is 2.27. The van der Waals surface area contributed by atoms with Crippen molar-refractivity contribution in [1.29, 1.82) is 0 Å². The van der Waals surface area contributed by atoms with Gasteiger partial charge in [0.05, 0.1) is 0 Å².